The van der Waals surface area contributed by atoms with Crippen molar-refractivity contribution in [2.75, 3.05) is 6.54 Å². The number of aromatic nitrogens is 4. The fourth-order valence-electron chi connectivity index (χ4n) is 2.35. The second kappa shape index (κ2) is 6.30. The van der Waals surface area contributed by atoms with Gasteiger partial charge in [-0.25, -0.2) is 9.78 Å². The Hall–Kier alpha value is -3.30. The molecule has 0 aliphatic carbocycles. The number of nitrogens with one attached hydrogen (secondary N) is 3. The van der Waals surface area contributed by atoms with Gasteiger partial charge in [0.25, 0.3) is 5.91 Å². The third kappa shape index (κ3) is 3.47. The van der Waals surface area contributed by atoms with E-state index in [-0.39, 0.29) is 13.1 Å². The summed E-state index contributed by atoms with van der Waals surface area (Å²) in [4.78, 5) is 44.9. The molecule has 10 heteroatoms. The van der Waals surface area contributed by atoms with Crippen LogP contribution in [0.1, 0.15) is 19.7 Å². The van der Waals surface area contributed by atoms with Gasteiger partial charge in [0, 0.05) is 18.0 Å². The molecule has 1 fully saturated rings. The summed E-state index contributed by atoms with van der Waals surface area (Å²) < 4.78 is 0. The van der Waals surface area contributed by atoms with Gasteiger partial charge in [0.2, 0.25) is 5.91 Å². The summed E-state index contributed by atoms with van der Waals surface area (Å²) in [6, 6.07) is 2.96. The number of amides is 4. The number of carbonyl (C=O) groups excluding carboxylic acids is 3. The van der Waals surface area contributed by atoms with E-state index in [4.69, 9.17) is 0 Å². The molecule has 1 aliphatic heterocycles. The van der Waals surface area contributed by atoms with Crippen molar-refractivity contribution in [3.05, 3.63) is 30.4 Å². The molecule has 1 saturated heterocycles. The zero-order valence-corrected chi connectivity index (χ0v) is 13.7. The minimum absolute atomic E-state index is 0.101. The van der Waals surface area contributed by atoms with Crippen LogP contribution in [0.4, 0.5) is 4.79 Å². The molecule has 2 aromatic heterocycles. The number of hydrogen-bond acceptors (Lipinski definition) is 6. The Kier molecular flexibility index (Phi) is 4.17. The predicted octanol–water partition coefficient (Wildman–Crippen LogP) is -0.187. The molecular formula is C15H17N7O3. The summed E-state index contributed by atoms with van der Waals surface area (Å²) in [5.74, 6) is 0.0375. The van der Waals surface area contributed by atoms with Crippen LogP contribution in [0.5, 0.6) is 0 Å². The van der Waals surface area contributed by atoms with E-state index >= 15 is 0 Å². The standard InChI is InChI=1S/C15H17N7O3/c1-15(2)13(24)22(14(25)19-15)8-11(23)17-7-10-18-12(21-20-10)9-3-5-16-6-4-9/h3-6H,7-8H2,1-2H3,(H,17,23)(H,19,25)(H,18,20,21). The maximum atomic E-state index is 12.0. The number of rotatable bonds is 5. The fraction of sp³-hybridized carbons (Fsp3) is 0.333. The largest absolute Gasteiger partial charge is 0.347 e. The molecule has 0 saturated carbocycles. The molecule has 3 rings (SSSR count). The SMILES string of the molecule is CC1(C)NC(=O)N(CC(=O)NCc2nc(-c3ccncc3)n[nH]2)C1=O. The van der Waals surface area contributed by atoms with Crippen LogP contribution in [0.2, 0.25) is 0 Å². The first-order valence-electron chi connectivity index (χ1n) is 7.59. The highest BCUT2D eigenvalue weighted by Crippen LogP contribution is 2.16. The second-order valence-corrected chi connectivity index (χ2v) is 6.06. The van der Waals surface area contributed by atoms with E-state index in [9.17, 15) is 14.4 Å². The molecule has 25 heavy (non-hydrogen) atoms. The first kappa shape index (κ1) is 16.6. The van der Waals surface area contributed by atoms with Crippen molar-refractivity contribution in [2.24, 2.45) is 0 Å². The first-order chi connectivity index (χ1) is 11.9. The lowest BCUT2D eigenvalue weighted by atomic mass is 10.1. The van der Waals surface area contributed by atoms with Gasteiger partial charge in [0.15, 0.2) is 5.82 Å². The molecule has 0 atom stereocenters. The van der Waals surface area contributed by atoms with Crippen molar-refractivity contribution < 1.29 is 14.4 Å². The van der Waals surface area contributed by atoms with E-state index < -0.39 is 23.4 Å². The summed E-state index contributed by atoms with van der Waals surface area (Å²) in [6.45, 7) is 2.92. The van der Waals surface area contributed by atoms with Crippen LogP contribution in [-0.4, -0.2) is 55.0 Å². The highest BCUT2D eigenvalue weighted by Gasteiger charge is 2.44. The number of hydrogen-bond donors (Lipinski definition) is 3. The number of aromatic amines is 1. The Balaban J connectivity index is 1.56. The van der Waals surface area contributed by atoms with Crippen molar-refractivity contribution in [2.45, 2.75) is 25.9 Å². The molecular weight excluding hydrogens is 326 g/mol. The summed E-state index contributed by atoms with van der Waals surface area (Å²) in [5, 5.41) is 11.9. The number of nitrogens with zero attached hydrogens (tertiary/aromatic N) is 4. The monoisotopic (exact) mass is 343 g/mol. The van der Waals surface area contributed by atoms with Crippen LogP contribution in [0.25, 0.3) is 11.4 Å². The molecule has 0 unspecified atom stereocenters. The van der Waals surface area contributed by atoms with Crippen LogP contribution < -0.4 is 10.6 Å². The number of carbonyl (C=O) groups is 3. The van der Waals surface area contributed by atoms with Gasteiger partial charge in [-0.2, -0.15) is 5.10 Å². The molecule has 0 bridgehead atoms. The van der Waals surface area contributed by atoms with Crippen molar-refractivity contribution in [1.29, 1.82) is 0 Å². The fourth-order valence-corrected chi connectivity index (χ4v) is 2.35. The number of H-pyrrole nitrogens is 1. The van der Waals surface area contributed by atoms with Crippen molar-refractivity contribution in [1.82, 2.24) is 35.7 Å². The summed E-state index contributed by atoms with van der Waals surface area (Å²) in [5.41, 5.74) is -0.202. The lowest BCUT2D eigenvalue weighted by Gasteiger charge is -2.15. The Labute approximate surface area is 143 Å². The van der Waals surface area contributed by atoms with Crippen LogP contribution >= 0.6 is 0 Å². The van der Waals surface area contributed by atoms with Crippen LogP contribution in [0.15, 0.2) is 24.5 Å². The second-order valence-electron chi connectivity index (χ2n) is 6.06. The van der Waals surface area contributed by atoms with E-state index in [1.54, 1.807) is 38.4 Å². The quantitative estimate of drug-likeness (QED) is 0.645. The van der Waals surface area contributed by atoms with Gasteiger partial charge >= 0.3 is 6.03 Å². The molecule has 3 N–H and O–H groups in total. The Morgan fingerprint density at radius 3 is 2.64 bits per heavy atom. The molecule has 0 aromatic carbocycles. The average molecular weight is 343 g/mol. The van der Waals surface area contributed by atoms with Gasteiger partial charge in [0.1, 0.15) is 17.9 Å². The molecule has 1 aliphatic rings. The van der Waals surface area contributed by atoms with E-state index in [1.165, 1.54) is 0 Å². The number of imide groups is 1. The lowest BCUT2D eigenvalue weighted by Crippen LogP contribution is -2.43. The van der Waals surface area contributed by atoms with Crippen LogP contribution in [0.3, 0.4) is 0 Å². The number of urea groups is 1. The van der Waals surface area contributed by atoms with Crippen molar-refractivity contribution >= 4 is 17.8 Å². The van der Waals surface area contributed by atoms with Gasteiger partial charge in [0.05, 0.1) is 6.54 Å². The van der Waals surface area contributed by atoms with Crippen LogP contribution in [-0.2, 0) is 16.1 Å². The topological polar surface area (TPSA) is 133 Å². The highest BCUT2D eigenvalue weighted by molar-refractivity contribution is 6.08. The minimum Gasteiger partial charge on any atom is -0.347 e. The van der Waals surface area contributed by atoms with Crippen molar-refractivity contribution in [3.8, 4) is 11.4 Å². The lowest BCUT2D eigenvalue weighted by molar-refractivity contribution is -0.134. The highest BCUT2D eigenvalue weighted by atomic mass is 16.2. The zero-order valence-electron chi connectivity index (χ0n) is 13.7. The van der Waals surface area contributed by atoms with E-state index in [1.807, 2.05) is 0 Å². The van der Waals surface area contributed by atoms with Gasteiger partial charge < -0.3 is 10.6 Å². The maximum Gasteiger partial charge on any atom is 0.325 e. The summed E-state index contributed by atoms with van der Waals surface area (Å²) in [6.07, 6.45) is 3.26. The van der Waals surface area contributed by atoms with Gasteiger partial charge in [-0.15, -0.1) is 0 Å². The molecule has 4 amide bonds. The summed E-state index contributed by atoms with van der Waals surface area (Å²) in [7, 11) is 0. The molecule has 10 nitrogen and oxygen atoms in total. The molecule has 3 heterocycles. The van der Waals surface area contributed by atoms with E-state index in [0.717, 1.165) is 10.5 Å². The van der Waals surface area contributed by atoms with Gasteiger partial charge in [-0.3, -0.25) is 24.6 Å². The first-order valence-corrected chi connectivity index (χ1v) is 7.59. The van der Waals surface area contributed by atoms with Gasteiger partial charge in [-0.05, 0) is 26.0 Å². The molecule has 0 radical (unpaired) electrons. The van der Waals surface area contributed by atoms with E-state index in [2.05, 4.69) is 30.8 Å². The summed E-state index contributed by atoms with van der Waals surface area (Å²) >= 11 is 0. The van der Waals surface area contributed by atoms with Crippen LogP contribution in [0, 0.1) is 0 Å². The smallest absolute Gasteiger partial charge is 0.325 e. The Bertz CT molecular complexity index is 816. The Morgan fingerprint density at radius 2 is 2.00 bits per heavy atom. The third-order valence-electron chi connectivity index (χ3n) is 3.67. The molecule has 0 spiro atoms. The van der Waals surface area contributed by atoms with Gasteiger partial charge in [-0.1, -0.05) is 0 Å². The van der Waals surface area contributed by atoms with E-state index in [0.29, 0.717) is 11.6 Å². The molecule has 130 valence electrons. The predicted molar refractivity (Wildman–Crippen MR) is 85.8 cm³/mol. The Morgan fingerprint density at radius 1 is 1.28 bits per heavy atom. The van der Waals surface area contributed by atoms with Crippen molar-refractivity contribution in [3.63, 3.8) is 0 Å². The number of pyridine rings is 1. The zero-order chi connectivity index (χ0) is 18.0. The third-order valence-corrected chi connectivity index (χ3v) is 3.67. The average Bonchev–Trinajstić information content (AvgIpc) is 3.13. The normalized spacial score (nSPS) is 16.0. The molecule has 2 aromatic rings. The maximum absolute atomic E-state index is 12.0. The minimum atomic E-state index is -0.998.